The van der Waals surface area contributed by atoms with Gasteiger partial charge in [-0.1, -0.05) is 39.7 Å². The second kappa shape index (κ2) is 18.4. The molecule has 5 rings (SSSR count). The Kier molecular flexibility index (Phi) is 14.7. The first-order chi connectivity index (χ1) is 23.3. The summed E-state index contributed by atoms with van der Waals surface area (Å²) >= 11 is 1.47. The lowest BCUT2D eigenvalue weighted by Crippen LogP contribution is -2.20. The van der Waals surface area contributed by atoms with Crippen LogP contribution in [0.5, 0.6) is 17.4 Å². The van der Waals surface area contributed by atoms with E-state index in [1.54, 1.807) is 45.7 Å². The molecular formula is C36H46F2N4O6S. The maximum Gasteiger partial charge on any atom is 0.402 e. The van der Waals surface area contributed by atoms with E-state index in [-0.39, 0.29) is 11.7 Å². The number of carbonyl (C=O) groups is 2. The van der Waals surface area contributed by atoms with Crippen molar-refractivity contribution in [3.8, 4) is 17.4 Å². The topological polar surface area (TPSA) is 121 Å². The van der Waals surface area contributed by atoms with E-state index in [2.05, 4.69) is 46.1 Å². The van der Waals surface area contributed by atoms with Crippen LogP contribution in [0.25, 0.3) is 10.2 Å². The maximum absolute atomic E-state index is 12.9. The minimum atomic E-state index is -3.12. The number of pyridine rings is 1. The van der Waals surface area contributed by atoms with E-state index in [0.717, 1.165) is 39.2 Å². The fourth-order valence-corrected chi connectivity index (χ4v) is 6.40. The molecule has 0 saturated heterocycles. The summed E-state index contributed by atoms with van der Waals surface area (Å²) in [6, 6.07) is 9.83. The van der Waals surface area contributed by atoms with E-state index in [1.807, 2.05) is 19.9 Å². The number of nitrogens with one attached hydrogen (secondary N) is 2. The van der Waals surface area contributed by atoms with Crippen LogP contribution in [0.3, 0.4) is 0 Å². The number of amides is 2. The van der Waals surface area contributed by atoms with Gasteiger partial charge < -0.3 is 29.6 Å². The minimum Gasteiger partial charge on any atom is -0.496 e. The molecule has 3 heterocycles. The van der Waals surface area contributed by atoms with Crippen LogP contribution in [-0.4, -0.2) is 56.3 Å². The van der Waals surface area contributed by atoms with Gasteiger partial charge in [0.2, 0.25) is 12.3 Å². The number of fused-ring (bicyclic) bond motifs is 2. The normalized spacial score (nSPS) is 13.8. The highest BCUT2D eigenvalue weighted by Gasteiger charge is 2.39. The Morgan fingerprint density at radius 2 is 1.86 bits per heavy atom. The Bertz CT molecular complexity index is 1690. The molecule has 49 heavy (non-hydrogen) atoms. The van der Waals surface area contributed by atoms with Crippen molar-refractivity contribution in [3.63, 3.8) is 0 Å². The van der Waals surface area contributed by atoms with Crippen LogP contribution in [0.15, 0.2) is 42.6 Å². The monoisotopic (exact) mass is 700 g/mol. The molecule has 10 nitrogen and oxygen atoms in total. The smallest absolute Gasteiger partial charge is 0.402 e. The molecule has 0 aliphatic carbocycles. The van der Waals surface area contributed by atoms with Gasteiger partial charge in [-0.15, -0.1) is 11.3 Å². The third-order valence-electron chi connectivity index (χ3n) is 7.60. The first-order valence-corrected chi connectivity index (χ1v) is 16.8. The molecule has 1 aliphatic rings. The Morgan fingerprint density at radius 1 is 1.10 bits per heavy atom. The molecule has 2 unspecified atom stereocenters. The van der Waals surface area contributed by atoms with Crippen molar-refractivity contribution in [2.24, 2.45) is 11.8 Å². The van der Waals surface area contributed by atoms with E-state index >= 15 is 0 Å². The molecule has 4 aromatic rings. The molecule has 0 radical (unpaired) electrons. The zero-order valence-electron chi connectivity index (χ0n) is 29.3. The highest BCUT2D eigenvalue weighted by molar-refractivity contribution is 7.19. The predicted molar refractivity (Wildman–Crippen MR) is 190 cm³/mol. The van der Waals surface area contributed by atoms with Gasteiger partial charge in [-0.3, -0.25) is 9.59 Å². The molecule has 2 amide bonds. The van der Waals surface area contributed by atoms with E-state index in [4.69, 9.17) is 14.2 Å². The Morgan fingerprint density at radius 3 is 2.49 bits per heavy atom. The molecule has 0 saturated carbocycles. The number of aromatic nitrogens is 2. The summed E-state index contributed by atoms with van der Waals surface area (Å²) in [5, 5.41) is 6.15. The summed E-state index contributed by atoms with van der Waals surface area (Å²) < 4.78 is 46.2. The molecule has 13 heteroatoms. The van der Waals surface area contributed by atoms with Crippen LogP contribution in [0.2, 0.25) is 0 Å². The van der Waals surface area contributed by atoms with Crippen molar-refractivity contribution in [2.45, 2.75) is 66.4 Å². The number of hydrogen-bond donors (Lipinski definition) is 2. The molecule has 1 aliphatic heterocycles. The summed E-state index contributed by atoms with van der Waals surface area (Å²) in [5.74, 6) is 2.48. The van der Waals surface area contributed by atoms with Gasteiger partial charge in [-0.2, -0.15) is 8.78 Å². The van der Waals surface area contributed by atoms with Crippen LogP contribution in [-0.2, 0) is 16.0 Å². The average Bonchev–Trinajstić information content (AvgIpc) is 3.58. The van der Waals surface area contributed by atoms with Gasteiger partial charge in [0.05, 0.1) is 47.7 Å². The zero-order chi connectivity index (χ0) is 36.1. The fourth-order valence-electron chi connectivity index (χ4n) is 5.45. The largest absolute Gasteiger partial charge is 0.496 e. The van der Waals surface area contributed by atoms with Gasteiger partial charge in [0.1, 0.15) is 17.1 Å². The molecule has 0 bridgehead atoms. The first kappa shape index (κ1) is 39.1. The van der Waals surface area contributed by atoms with Crippen molar-refractivity contribution in [1.29, 1.82) is 0 Å². The number of anilines is 2. The quantitative estimate of drug-likeness (QED) is 0.141. The Balaban J connectivity index is 0.000000221. The number of ether oxygens (including phenoxy) is 4. The molecular weight excluding hydrogens is 654 g/mol. The number of nitrogens with zero attached hydrogens (tertiary/aromatic N) is 2. The first-order valence-electron chi connectivity index (χ1n) is 16.0. The molecule has 2 aromatic carbocycles. The van der Waals surface area contributed by atoms with Crippen LogP contribution in [0, 0.1) is 25.7 Å². The van der Waals surface area contributed by atoms with Crippen LogP contribution in [0.4, 0.5) is 20.2 Å². The number of aryl methyl sites for hydroxylation is 2. The van der Waals surface area contributed by atoms with Crippen LogP contribution < -0.4 is 24.8 Å². The van der Waals surface area contributed by atoms with Crippen molar-refractivity contribution < 1.29 is 37.3 Å². The molecule has 2 N–H and O–H groups in total. The standard InChI is InChI=1S/C17H17N3O3S.C10H22O.C9H7F2NO2/c1-9-7-14(23-4)18-8-12(9)20-17(21)15-13(22-3)6-5-11-16(15)24-10(2)19-11;1-5-6-9(2)7-10(3)8-11-4;10-9(11)4-6-1-2-7(12-5-13)3-8(6)14-9/h5-8H,1-4H3,(H,20,21);9-10H,5-8H2,1-4H3;1-3,5H,4H2,(H,12,13). The number of hydrogen-bond acceptors (Lipinski definition) is 9. The van der Waals surface area contributed by atoms with Gasteiger partial charge in [0, 0.05) is 37.1 Å². The third kappa shape index (κ3) is 11.4. The van der Waals surface area contributed by atoms with E-state index in [1.165, 1.54) is 42.7 Å². The van der Waals surface area contributed by atoms with E-state index in [9.17, 15) is 18.4 Å². The predicted octanol–water partition coefficient (Wildman–Crippen LogP) is 8.46. The molecule has 0 fully saturated rings. The summed E-state index contributed by atoms with van der Waals surface area (Å²) in [6.45, 7) is 11.5. The van der Waals surface area contributed by atoms with Crippen LogP contribution in [0.1, 0.15) is 66.5 Å². The highest BCUT2D eigenvalue weighted by atomic mass is 32.1. The lowest BCUT2D eigenvalue weighted by molar-refractivity contribution is -0.159. The van der Waals surface area contributed by atoms with E-state index < -0.39 is 12.5 Å². The van der Waals surface area contributed by atoms with Gasteiger partial charge in [-0.25, -0.2) is 9.97 Å². The number of rotatable bonds is 12. The SMILES string of the molecule is CCCC(C)CC(C)COC.COc1cc(C)c(NC(=O)c2c(OC)ccc3nc(C)sc23)cn1.O=CNc1ccc2c(c1)OC(F)(F)C2. The van der Waals surface area contributed by atoms with Crippen molar-refractivity contribution >= 4 is 45.2 Å². The number of alkyl halides is 2. The van der Waals surface area contributed by atoms with Gasteiger partial charge >= 0.3 is 6.11 Å². The highest BCUT2D eigenvalue weighted by Crippen LogP contribution is 2.38. The molecule has 0 spiro atoms. The molecule has 2 atom stereocenters. The number of benzene rings is 2. The van der Waals surface area contributed by atoms with Crippen molar-refractivity contribution in [1.82, 2.24) is 9.97 Å². The van der Waals surface area contributed by atoms with Gasteiger partial charge in [0.25, 0.3) is 5.91 Å². The average molecular weight is 701 g/mol. The van der Waals surface area contributed by atoms with Gasteiger partial charge in [-0.05, 0) is 55.9 Å². The molecule has 266 valence electrons. The second-order valence-electron chi connectivity index (χ2n) is 11.9. The van der Waals surface area contributed by atoms with Crippen molar-refractivity contribution in [2.75, 3.05) is 38.6 Å². The Hall–Kier alpha value is -4.36. The fraction of sp³-hybridized carbons (Fsp3) is 0.444. The Labute approximate surface area is 290 Å². The zero-order valence-corrected chi connectivity index (χ0v) is 30.1. The van der Waals surface area contributed by atoms with E-state index in [0.29, 0.717) is 40.5 Å². The summed E-state index contributed by atoms with van der Waals surface area (Å²) in [6.07, 6.45) is 2.49. The molecule has 2 aromatic heterocycles. The number of halogens is 2. The van der Waals surface area contributed by atoms with Crippen LogP contribution >= 0.6 is 11.3 Å². The van der Waals surface area contributed by atoms with Gasteiger partial charge in [0.15, 0.2) is 0 Å². The second-order valence-corrected chi connectivity index (χ2v) is 13.1. The summed E-state index contributed by atoms with van der Waals surface area (Å²) in [5.41, 5.74) is 3.65. The number of carbonyl (C=O) groups excluding carboxylic acids is 2. The lowest BCUT2D eigenvalue weighted by Gasteiger charge is -2.15. The number of thiazole rings is 1. The lowest BCUT2D eigenvalue weighted by atomic mass is 9.94. The third-order valence-corrected chi connectivity index (χ3v) is 8.61. The minimum absolute atomic E-state index is 0.127. The summed E-state index contributed by atoms with van der Waals surface area (Å²) in [4.78, 5) is 31.5. The summed E-state index contributed by atoms with van der Waals surface area (Å²) in [7, 11) is 4.88. The van der Waals surface area contributed by atoms with Crippen molar-refractivity contribution in [3.05, 3.63) is 64.3 Å². The maximum atomic E-state index is 12.9. The number of methoxy groups -OCH3 is 3.